The number of nitrogens with two attached hydrogens (primary N) is 1. The Morgan fingerprint density at radius 2 is 1.89 bits per heavy atom. The Bertz CT molecular complexity index is 549. The van der Waals surface area contributed by atoms with Crippen molar-refractivity contribution in [1.29, 1.82) is 0 Å². The van der Waals surface area contributed by atoms with Gasteiger partial charge in [-0.1, -0.05) is 24.4 Å². The van der Waals surface area contributed by atoms with Gasteiger partial charge in [-0.25, -0.2) is 8.78 Å². The molecular formula is C13H15F2N3S. The van der Waals surface area contributed by atoms with Crippen molar-refractivity contribution >= 4 is 11.5 Å². The Kier molecular flexibility index (Phi) is 4.21. The predicted molar refractivity (Wildman–Crippen MR) is 71.0 cm³/mol. The summed E-state index contributed by atoms with van der Waals surface area (Å²) < 4.78 is 31.1. The minimum absolute atomic E-state index is 0.0121. The molecule has 6 heteroatoms. The van der Waals surface area contributed by atoms with Crippen molar-refractivity contribution in [3.8, 4) is 0 Å². The number of aromatic nitrogens is 2. The monoisotopic (exact) mass is 283 g/mol. The fraction of sp³-hybridized carbons (Fsp3) is 0.385. The number of halogens is 2. The summed E-state index contributed by atoms with van der Waals surface area (Å²) in [6, 6.07) is 3.32. The van der Waals surface area contributed by atoms with Crippen molar-refractivity contribution in [2.75, 3.05) is 0 Å². The molecule has 2 rings (SSSR count). The molecule has 0 aliphatic carbocycles. The van der Waals surface area contributed by atoms with E-state index in [9.17, 15) is 8.78 Å². The summed E-state index contributed by atoms with van der Waals surface area (Å²) in [7, 11) is 0. The molecule has 0 amide bonds. The maximum atomic E-state index is 13.6. The van der Waals surface area contributed by atoms with Gasteiger partial charge >= 0.3 is 0 Å². The van der Waals surface area contributed by atoms with Crippen LogP contribution in [0.25, 0.3) is 0 Å². The highest BCUT2D eigenvalue weighted by Gasteiger charge is 2.21. The van der Waals surface area contributed by atoms with Crippen LogP contribution in [-0.2, 0) is 6.42 Å². The van der Waals surface area contributed by atoms with Crippen LogP contribution in [0.15, 0.2) is 18.2 Å². The lowest BCUT2D eigenvalue weighted by atomic mass is 10.0. The number of benzene rings is 1. The van der Waals surface area contributed by atoms with Gasteiger partial charge in [0.25, 0.3) is 0 Å². The van der Waals surface area contributed by atoms with Gasteiger partial charge < -0.3 is 5.73 Å². The molecule has 19 heavy (non-hydrogen) atoms. The maximum absolute atomic E-state index is 13.6. The molecule has 0 fully saturated rings. The van der Waals surface area contributed by atoms with Crippen molar-refractivity contribution in [3.05, 3.63) is 46.0 Å². The average molecular weight is 283 g/mol. The first-order valence-corrected chi connectivity index (χ1v) is 6.78. The fourth-order valence-corrected chi connectivity index (χ4v) is 2.71. The molecular weight excluding hydrogens is 268 g/mol. The molecule has 0 radical (unpaired) electrons. The van der Waals surface area contributed by atoms with Crippen LogP contribution in [0.1, 0.15) is 41.9 Å². The minimum atomic E-state index is -0.570. The Labute approximate surface area is 114 Å². The molecule has 0 aliphatic heterocycles. The molecule has 0 saturated carbocycles. The van der Waals surface area contributed by atoms with E-state index >= 15 is 0 Å². The van der Waals surface area contributed by atoms with Crippen molar-refractivity contribution in [2.24, 2.45) is 5.73 Å². The van der Waals surface area contributed by atoms with Crippen LogP contribution in [0.2, 0.25) is 0 Å². The van der Waals surface area contributed by atoms with Crippen LogP contribution in [-0.4, -0.2) is 9.59 Å². The Morgan fingerprint density at radius 1 is 1.26 bits per heavy atom. The van der Waals surface area contributed by atoms with Gasteiger partial charge in [0, 0.05) is 11.6 Å². The van der Waals surface area contributed by atoms with Crippen LogP contribution in [0.4, 0.5) is 8.78 Å². The predicted octanol–water partition coefficient (Wildman–Crippen LogP) is 3.18. The summed E-state index contributed by atoms with van der Waals surface area (Å²) in [5, 5.41) is 4.02. The SMILES string of the molecule is CC(C)c1nnsc1C(N)Cc1c(F)cccc1F. The third kappa shape index (κ3) is 2.96. The van der Waals surface area contributed by atoms with Gasteiger partial charge in [0.15, 0.2) is 0 Å². The lowest BCUT2D eigenvalue weighted by molar-refractivity contribution is 0.540. The van der Waals surface area contributed by atoms with Crippen molar-refractivity contribution < 1.29 is 8.78 Å². The largest absolute Gasteiger partial charge is 0.323 e. The van der Waals surface area contributed by atoms with Gasteiger partial charge in [-0.3, -0.25) is 0 Å². The number of nitrogens with zero attached hydrogens (tertiary/aromatic N) is 2. The first kappa shape index (κ1) is 14.0. The zero-order valence-corrected chi connectivity index (χ0v) is 11.5. The second-order valence-electron chi connectivity index (χ2n) is 4.69. The summed E-state index contributed by atoms with van der Waals surface area (Å²) in [6.07, 6.45) is 0.0993. The van der Waals surface area contributed by atoms with Crippen LogP contribution in [0, 0.1) is 11.6 Å². The second-order valence-corrected chi connectivity index (χ2v) is 5.47. The summed E-state index contributed by atoms with van der Waals surface area (Å²) in [4.78, 5) is 0.789. The standard InChI is InChI=1S/C13H15F2N3S/c1-7(2)12-13(19-18-17-12)11(16)6-8-9(14)4-3-5-10(8)15/h3-5,7,11H,6,16H2,1-2H3. The molecule has 3 nitrogen and oxygen atoms in total. The first-order valence-electron chi connectivity index (χ1n) is 6.01. The van der Waals surface area contributed by atoms with Crippen LogP contribution >= 0.6 is 11.5 Å². The molecule has 2 N–H and O–H groups in total. The van der Waals surface area contributed by atoms with E-state index in [0.717, 1.165) is 10.6 Å². The highest BCUT2D eigenvalue weighted by molar-refractivity contribution is 7.05. The average Bonchev–Trinajstić information content (AvgIpc) is 2.83. The molecule has 1 aromatic carbocycles. The maximum Gasteiger partial charge on any atom is 0.129 e. The van der Waals surface area contributed by atoms with E-state index in [1.54, 1.807) is 0 Å². The van der Waals surface area contributed by atoms with Gasteiger partial charge in [0.05, 0.1) is 10.6 Å². The van der Waals surface area contributed by atoms with Gasteiger partial charge in [-0.05, 0) is 36.0 Å². The Morgan fingerprint density at radius 3 is 2.47 bits per heavy atom. The number of hydrogen-bond acceptors (Lipinski definition) is 4. The van der Waals surface area contributed by atoms with E-state index < -0.39 is 17.7 Å². The molecule has 0 saturated heterocycles. The van der Waals surface area contributed by atoms with E-state index in [1.807, 2.05) is 13.8 Å². The highest BCUT2D eigenvalue weighted by atomic mass is 32.1. The number of rotatable bonds is 4. The zero-order chi connectivity index (χ0) is 14.0. The molecule has 2 aromatic rings. The smallest absolute Gasteiger partial charge is 0.129 e. The Hall–Kier alpha value is -1.40. The van der Waals surface area contributed by atoms with E-state index in [2.05, 4.69) is 9.59 Å². The molecule has 1 aromatic heterocycles. The topological polar surface area (TPSA) is 51.8 Å². The lowest BCUT2D eigenvalue weighted by Gasteiger charge is -2.13. The van der Waals surface area contributed by atoms with E-state index in [-0.39, 0.29) is 17.9 Å². The van der Waals surface area contributed by atoms with Gasteiger partial charge in [0.1, 0.15) is 11.6 Å². The zero-order valence-electron chi connectivity index (χ0n) is 10.7. The van der Waals surface area contributed by atoms with Gasteiger partial charge in [0.2, 0.25) is 0 Å². The van der Waals surface area contributed by atoms with Crippen molar-refractivity contribution in [3.63, 3.8) is 0 Å². The quantitative estimate of drug-likeness (QED) is 0.937. The number of hydrogen-bond donors (Lipinski definition) is 1. The van der Waals surface area contributed by atoms with Crippen LogP contribution in [0.3, 0.4) is 0 Å². The second kappa shape index (κ2) is 5.71. The minimum Gasteiger partial charge on any atom is -0.323 e. The highest BCUT2D eigenvalue weighted by Crippen LogP contribution is 2.28. The molecule has 102 valence electrons. The van der Waals surface area contributed by atoms with Gasteiger partial charge in [-0.2, -0.15) is 0 Å². The molecule has 1 heterocycles. The summed E-state index contributed by atoms with van der Waals surface area (Å²) in [6.45, 7) is 3.97. The first-order chi connectivity index (χ1) is 9.00. The Balaban J connectivity index is 2.26. The molecule has 0 aliphatic rings. The van der Waals surface area contributed by atoms with Gasteiger partial charge in [-0.15, -0.1) is 5.10 Å². The van der Waals surface area contributed by atoms with Crippen molar-refractivity contribution in [1.82, 2.24) is 9.59 Å². The van der Waals surface area contributed by atoms with E-state index in [1.165, 1.54) is 29.7 Å². The molecule has 1 unspecified atom stereocenters. The van der Waals surface area contributed by atoms with E-state index in [0.29, 0.717) is 0 Å². The lowest BCUT2D eigenvalue weighted by Crippen LogP contribution is -2.16. The molecule has 0 spiro atoms. The summed E-state index contributed by atoms with van der Waals surface area (Å²) >= 11 is 1.19. The van der Waals surface area contributed by atoms with Crippen molar-refractivity contribution in [2.45, 2.75) is 32.2 Å². The normalized spacial score (nSPS) is 12.9. The summed E-state index contributed by atoms with van der Waals surface area (Å²) in [5.74, 6) is -0.955. The fourth-order valence-electron chi connectivity index (χ4n) is 1.90. The molecule has 1 atom stereocenters. The third-order valence-corrected chi connectivity index (χ3v) is 3.78. The third-order valence-electron chi connectivity index (χ3n) is 2.91. The van der Waals surface area contributed by atoms with Crippen LogP contribution < -0.4 is 5.73 Å². The summed E-state index contributed by atoms with van der Waals surface area (Å²) in [5.41, 5.74) is 6.86. The van der Waals surface area contributed by atoms with E-state index in [4.69, 9.17) is 5.73 Å². The van der Waals surface area contributed by atoms with Crippen LogP contribution in [0.5, 0.6) is 0 Å². The molecule has 0 bridgehead atoms.